The van der Waals surface area contributed by atoms with Crippen molar-refractivity contribution < 1.29 is 19.0 Å². The van der Waals surface area contributed by atoms with Gasteiger partial charge in [0.15, 0.2) is 11.5 Å². The second kappa shape index (κ2) is 4.23. The predicted octanol–water partition coefficient (Wildman–Crippen LogP) is 1.23. The molecular formula is C9H11F2NO2. The van der Waals surface area contributed by atoms with Crippen LogP contribution in [-0.4, -0.2) is 22.7 Å². The summed E-state index contributed by atoms with van der Waals surface area (Å²) < 4.78 is 24.1. The summed E-state index contributed by atoms with van der Waals surface area (Å²) in [5.74, 6) is -0.608. The topological polar surface area (TPSA) is 66.5 Å². The maximum atomic E-state index is 12.1. The Labute approximate surface area is 79.8 Å². The lowest BCUT2D eigenvalue weighted by molar-refractivity contribution is 0.116. The smallest absolute Gasteiger partial charge is 0.253 e. The molecule has 14 heavy (non-hydrogen) atoms. The van der Waals surface area contributed by atoms with Gasteiger partial charge in [-0.25, -0.2) is 8.78 Å². The van der Waals surface area contributed by atoms with Gasteiger partial charge in [-0.3, -0.25) is 0 Å². The van der Waals surface area contributed by atoms with E-state index in [4.69, 9.17) is 15.9 Å². The maximum absolute atomic E-state index is 12.1. The van der Waals surface area contributed by atoms with Gasteiger partial charge in [-0.2, -0.15) is 0 Å². The van der Waals surface area contributed by atoms with Crippen molar-refractivity contribution in [2.24, 2.45) is 5.73 Å². The first-order chi connectivity index (χ1) is 6.50. The van der Waals surface area contributed by atoms with Gasteiger partial charge in [0, 0.05) is 0 Å². The molecule has 78 valence electrons. The summed E-state index contributed by atoms with van der Waals surface area (Å²) in [6.07, 6.45) is -2.63. The molecule has 0 radical (unpaired) electrons. The van der Waals surface area contributed by atoms with Crippen molar-refractivity contribution in [1.29, 1.82) is 0 Å². The summed E-state index contributed by atoms with van der Waals surface area (Å²) in [6.45, 7) is 0. The van der Waals surface area contributed by atoms with Crippen LogP contribution in [0.15, 0.2) is 18.2 Å². The Morgan fingerprint density at radius 3 is 2.36 bits per heavy atom. The molecule has 1 rings (SSSR count). The van der Waals surface area contributed by atoms with E-state index in [2.05, 4.69) is 0 Å². The lowest BCUT2D eigenvalue weighted by atomic mass is 10.1. The van der Waals surface area contributed by atoms with Gasteiger partial charge in [0.1, 0.15) is 0 Å². The van der Waals surface area contributed by atoms with E-state index in [0.29, 0.717) is 5.56 Å². The summed E-state index contributed by atoms with van der Waals surface area (Å²) in [5.41, 5.74) is 5.61. The molecular weight excluding hydrogens is 192 g/mol. The molecule has 1 aromatic rings. The number of phenols is 2. The Hall–Kier alpha value is -1.36. The van der Waals surface area contributed by atoms with Crippen LogP contribution in [0.3, 0.4) is 0 Å². The molecule has 5 heteroatoms. The number of nitrogens with two attached hydrogens (primary N) is 1. The van der Waals surface area contributed by atoms with Gasteiger partial charge >= 0.3 is 0 Å². The molecule has 0 saturated heterocycles. The van der Waals surface area contributed by atoms with E-state index < -0.39 is 12.5 Å². The Balaban J connectivity index is 2.73. The number of rotatable bonds is 3. The molecule has 0 spiro atoms. The van der Waals surface area contributed by atoms with E-state index in [1.165, 1.54) is 18.2 Å². The van der Waals surface area contributed by atoms with Crippen molar-refractivity contribution in [1.82, 2.24) is 0 Å². The monoisotopic (exact) mass is 203 g/mol. The van der Waals surface area contributed by atoms with Crippen LogP contribution in [0.2, 0.25) is 0 Å². The number of aromatic hydroxyl groups is 2. The third kappa shape index (κ3) is 2.56. The van der Waals surface area contributed by atoms with Crippen molar-refractivity contribution >= 4 is 0 Å². The van der Waals surface area contributed by atoms with Gasteiger partial charge in [0.2, 0.25) is 0 Å². The van der Waals surface area contributed by atoms with Gasteiger partial charge in [-0.15, -0.1) is 0 Å². The van der Waals surface area contributed by atoms with E-state index in [1.807, 2.05) is 0 Å². The van der Waals surface area contributed by atoms with Crippen LogP contribution in [0.4, 0.5) is 8.78 Å². The highest BCUT2D eigenvalue weighted by Crippen LogP contribution is 2.25. The third-order valence-electron chi connectivity index (χ3n) is 1.83. The fraction of sp³-hybridized carbons (Fsp3) is 0.333. The zero-order valence-electron chi connectivity index (χ0n) is 7.32. The number of alkyl halides is 2. The Bertz CT molecular complexity index is 318. The van der Waals surface area contributed by atoms with Crippen molar-refractivity contribution in [3.05, 3.63) is 23.8 Å². The van der Waals surface area contributed by atoms with Gasteiger partial charge < -0.3 is 15.9 Å². The van der Waals surface area contributed by atoms with Crippen LogP contribution in [0.5, 0.6) is 11.5 Å². The van der Waals surface area contributed by atoms with Crippen molar-refractivity contribution in [2.45, 2.75) is 18.9 Å². The zero-order chi connectivity index (χ0) is 10.7. The summed E-state index contributed by atoms with van der Waals surface area (Å²) in [5, 5.41) is 18.0. The summed E-state index contributed by atoms with van der Waals surface area (Å²) in [4.78, 5) is 0. The highest BCUT2D eigenvalue weighted by atomic mass is 19.3. The molecule has 1 atom stereocenters. The molecule has 1 aromatic carbocycles. The first-order valence-electron chi connectivity index (χ1n) is 4.05. The molecule has 0 amide bonds. The molecule has 0 aromatic heterocycles. The van der Waals surface area contributed by atoms with Crippen LogP contribution < -0.4 is 5.73 Å². The number of phenolic OH excluding ortho intramolecular Hbond substituents is 2. The summed E-state index contributed by atoms with van der Waals surface area (Å²) in [6, 6.07) is 2.65. The lowest BCUT2D eigenvalue weighted by Crippen LogP contribution is -2.30. The number of halogens is 2. The molecule has 0 unspecified atom stereocenters. The minimum Gasteiger partial charge on any atom is -0.504 e. The second-order valence-corrected chi connectivity index (χ2v) is 3.03. The average molecular weight is 203 g/mol. The lowest BCUT2D eigenvalue weighted by Gasteiger charge is -2.10. The van der Waals surface area contributed by atoms with Crippen LogP contribution >= 0.6 is 0 Å². The molecule has 0 bridgehead atoms. The van der Waals surface area contributed by atoms with E-state index in [1.54, 1.807) is 0 Å². The minimum atomic E-state index is -2.59. The fourth-order valence-electron chi connectivity index (χ4n) is 1.06. The Morgan fingerprint density at radius 1 is 1.21 bits per heavy atom. The van der Waals surface area contributed by atoms with Crippen LogP contribution in [-0.2, 0) is 6.42 Å². The molecule has 0 fully saturated rings. The molecule has 0 aliphatic rings. The molecule has 0 saturated carbocycles. The SMILES string of the molecule is N[C@H](Cc1ccc(O)c(O)c1)C(F)F. The first-order valence-corrected chi connectivity index (χ1v) is 4.05. The van der Waals surface area contributed by atoms with Crippen LogP contribution in [0.25, 0.3) is 0 Å². The predicted molar refractivity (Wildman–Crippen MR) is 47.5 cm³/mol. The summed E-state index contributed by atoms with van der Waals surface area (Å²) >= 11 is 0. The normalized spacial score (nSPS) is 13.1. The second-order valence-electron chi connectivity index (χ2n) is 3.03. The largest absolute Gasteiger partial charge is 0.504 e. The molecule has 0 aliphatic carbocycles. The number of hydrogen-bond acceptors (Lipinski definition) is 3. The van der Waals surface area contributed by atoms with Gasteiger partial charge in [-0.05, 0) is 24.1 Å². The van der Waals surface area contributed by atoms with Gasteiger partial charge in [0.05, 0.1) is 6.04 Å². The third-order valence-corrected chi connectivity index (χ3v) is 1.83. The van der Waals surface area contributed by atoms with Crippen molar-refractivity contribution in [2.75, 3.05) is 0 Å². The molecule has 0 aliphatic heterocycles. The van der Waals surface area contributed by atoms with Gasteiger partial charge in [-0.1, -0.05) is 6.07 Å². The zero-order valence-corrected chi connectivity index (χ0v) is 7.32. The standard InChI is InChI=1S/C9H11F2NO2/c10-9(11)6(12)3-5-1-2-7(13)8(14)4-5/h1-2,4,6,9,13-14H,3,12H2/t6-/m1/s1. The molecule has 0 heterocycles. The minimum absolute atomic E-state index is 0.0362. The highest BCUT2D eigenvalue weighted by molar-refractivity contribution is 5.40. The Morgan fingerprint density at radius 2 is 1.86 bits per heavy atom. The van der Waals surface area contributed by atoms with Crippen LogP contribution in [0.1, 0.15) is 5.56 Å². The van der Waals surface area contributed by atoms with E-state index in [-0.39, 0.29) is 17.9 Å². The van der Waals surface area contributed by atoms with Crippen LogP contribution in [0, 0.1) is 0 Å². The molecule has 3 nitrogen and oxygen atoms in total. The van der Waals surface area contributed by atoms with Gasteiger partial charge in [0.25, 0.3) is 6.43 Å². The number of hydrogen-bond donors (Lipinski definition) is 3. The summed E-state index contributed by atoms with van der Waals surface area (Å²) in [7, 11) is 0. The first kappa shape index (κ1) is 10.7. The quantitative estimate of drug-likeness (QED) is 0.647. The van der Waals surface area contributed by atoms with E-state index in [9.17, 15) is 8.78 Å². The highest BCUT2D eigenvalue weighted by Gasteiger charge is 2.15. The van der Waals surface area contributed by atoms with Crippen molar-refractivity contribution in [3.63, 3.8) is 0 Å². The van der Waals surface area contributed by atoms with E-state index >= 15 is 0 Å². The average Bonchev–Trinajstić information content (AvgIpc) is 2.11. The maximum Gasteiger partial charge on any atom is 0.253 e. The van der Waals surface area contributed by atoms with Crippen molar-refractivity contribution in [3.8, 4) is 11.5 Å². The fourth-order valence-corrected chi connectivity index (χ4v) is 1.06. The Kier molecular flexibility index (Phi) is 3.24. The number of benzene rings is 1. The van der Waals surface area contributed by atoms with E-state index in [0.717, 1.165) is 0 Å². The molecule has 4 N–H and O–H groups in total.